The Morgan fingerprint density at radius 1 is 1.15 bits per heavy atom. The predicted octanol–water partition coefficient (Wildman–Crippen LogP) is 4.01. The second-order valence-corrected chi connectivity index (χ2v) is 4.98. The second-order valence-electron chi connectivity index (χ2n) is 4.55. The van der Waals surface area contributed by atoms with Gasteiger partial charge >= 0.3 is 0 Å². The molecular weight excluding hydrogens is 272 g/mol. The third-order valence-corrected chi connectivity index (χ3v) is 3.41. The lowest BCUT2D eigenvalue weighted by atomic mass is 10.0. The fourth-order valence-electron chi connectivity index (χ4n) is 2.15. The van der Waals surface area contributed by atoms with Crippen LogP contribution in [0.3, 0.4) is 0 Å². The number of hydrogen-bond donors (Lipinski definition) is 1. The Kier molecular flexibility index (Phi) is 3.19. The summed E-state index contributed by atoms with van der Waals surface area (Å²) in [6, 6.07) is 16.2. The van der Waals surface area contributed by atoms with E-state index >= 15 is 0 Å². The molecule has 1 atom stereocenters. The van der Waals surface area contributed by atoms with Crippen LogP contribution in [0.2, 0.25) is 5.02 Å². The molecule has 0 saturated carbocycles. The molecule has 1 unspecified atom stereocenters. The summed E-state index contributed by atoms with van der Waals surface area (Å²) in [6.45, 7) is 0. The molecular formula is C16H11ClN2O. The van der Waals surface area contributed by atoms with Crippen molar-refractivity contribution in [3.8, 4) is 6.07 Å². The monoisotopic (exact) mass is 282 g/mol. The van der Waals surface area contributed by atoms with Crippen molar-refractivity contribution in [2.45, 2.75) is 6.04 Å². The van der Waals surface area contributed by atoms with E-state index < -0.39 is 6.04 Å². The summed E-state index contributed by atoms with van der Waals surface area (Å²) < 4.78 is 5.75. The summed E-state index contributed by atoms with van der Waals surface area (Å²) in [5, 5.41) is 10.5. The van der Waals surface area contributed by atoms with Crippen LogP contribution in [0.1, 0.15) is 22.9 Å². The van der Waals surface area contributed by atoms with E-state index in [9.17, 15) is 0 Å². The van der Waals surface area contributed by atoms with Crippen molar-refractivity contribution >= 4 is 22.6 Å². The van der Waals surface area contributed by atoms with Gasteiger partial charge in [-0.2, -0.15) is 5.26 Å². The van der Waals surface area contributed by atoms with Gasteiger partial charge in [0.05, 0.1) is 17.7 Å². The molecule has 1 heterocycles. The fourth-order valence-corrected chi connectivity index (χ4v) is 2.33. The first-order valence-electron chi connectivity index (χ1n) is 6.12. The Morgan fingerprint density at radius 3 is 2.80 bits per heavy atom. The second kappa shape index (κ2) is 5.01. The Bertz CT molecular complexity index is 817. The standard InChI is InChI=1S/C16H11ClN2O/c17-13-4-5-14-12(7-13)8-15(20-14)16(19)11-3-1-2-10(6-11)9-18/h1-8,16H,19H2. The number of benzene rings is 2. The van der Waals surface area contributed by atoms with Gasteiger partial charge in [0.15, 0.2) is 0 Å². The summed E-state index contributed by atoms with van der Waals surface area (Å²) in [4.78, 5) is 0. The number of nitriles is 1. The van der Waals surface area contributed by atoms with Crippen molar-refractivity contribution in [3.05, 3.63) is 70.4 Å². The lowest BCUT2D eigenvalue weighted by Gasteiger charge is -2.08. The molecule has 0 aliphatic heterocycles. The molecule has 3 rings (SSSR count). The highest BCUT2D eigenvalue weighted by Crippen LogP contribution is 2.28. The molecule has 0 spiro atoms. The zero-order valence-corrected chi connectivity index (χ0v) is 11.3. The molecule has 20 heavy (non-hydrogen) atoms. The van der Waals surface area contributed by atoms with Crippen LogP contribution in [0.4, 0.5) is 0 Å². The Morgan fingerprint density at radius 2 is 2.00 bits per heavy atom. The molecule has 4 heteroatoms. The Balaban J connectivity index is 2.03. The lowest BCUT2D eigenvalue weighted by Crippen LogP contribution is -2.10. The molecule has 0 radical (unpaired) electrons. The van der Waals surface area contributed by atoms with E-state index in [1.165, 1.54) is 0 Å². The minimum atomic E-state index is -0.408. The average Bonchev–Trinajstić information content (AvgIpc) is 2.89. The van der Waals surface area contributed by atoms with Gasteiger partial charge in [-0.3, -0.25) is 0 Å². The molecule has 0 bridgehead atoms. The summed E-state index contributed by atoms with van der Waals surface area (Å²) in [7, 11) is 0. The minimum Gasteiger partial charge on any atom is -0.459 e. The summed E-state index contributed by atoms with van der Waals surface area (Å²) in [5.74, 6) is 0.650. The van der Waals surface area contributed by atoms with Gasteiger partial charge in [0.2, 0.25) is 0 Å². The lowest BCUT2D eigenvalue weighted by molar-refractivity contribution is 0.525. The average molecular weight is 283 g/mol. The van der Waals surface area contributed by atoms with Gasteiger partial charge in [0, 0.05) is 10.4 Å². The van der Waals surface area contributed by atoms with E-state index in [1.54, 1.807) is 18.2 Å². The van der Waals surface area contributed by atoms with Gasteiger partial charge < -0.3 is 10.2 Å². The van der Waals surface area contributed by atoms with Crippen LogP contribution in [-0.4, -0.2) is 0 Å². The number of rotatable bonds is 2. The van der Waals surface area contributed by atoms with Crippen molar-refractivity contribution in [3.63, 3.8) is 0 Å². The van der Waals surface area contributed by atoms with Gasteiger partial charge in [-0.15, -0.1) is 0 Å². The first-order valence-corrected chi connectivity index (χ1v) is 6.50. The number of hydrogen-bond acceptors (Lipinski definition) is 3. The SMILES string of the molecule is N#Cc1cccc(C(N)c2cc3cc(Cl)ccc3o2)c1. The van der Waals surface area contributed by atoms with Crippen LogP contribution >= 0.6 is 11.6 Å². The van der Waals surface area contributed by atoms with Crippen LogP contribution in [0.5, 0.6) is 0 Å². The van der Waals surface area contributed by atoms with Crippen LogP contribution in [0, 0.1) is 11.3 Å². The molecule has 3 nitrogen and oxygen atoms in total. The number of nitrogens with zero attached hydrogens (tertiary/aromatic N) is 1. The summed E-state index contributed by atoms with van der Waals surface area (Å²) in [5.41, 5.74) is 8.37. The maximum atomic E-state index is 8.93. The zero-order valence-electron chi connectivity index (χ0n) is 10.5. The van der Waals surface area contributed by atoms with Crippen molar-refractivity contribution < 1.29 is 4.42 Å². The first kappa shape index (κ1) is 12.7. The molecule has 0 aliphatic rings. The highest BCUT2D eigenvalue weighted by atomic mass is 35.5. The van der Waals surface area contributed by atoms with E-state index in [1.807, 2.05) is 30.3 Å². The molecule has 0 saturated heterocycles. The topological polar surface area (TPSA) is 63.0 Å². The molecule has 0 amide bonds. The number of fused-ring (bicyclic) bond motifs is 1. The largest absolute Gasteiger partial charge is 0.459 e. The molecule has 0 fully saturated rings. The van der Waals surface area contributed by atoms with E-state index in [0.717, 1.165) is 16.5 Å². The third kappa shape index (κ3) is 2.27. The minimum absolute atomic E-state index is 0.408. The van der Waals surface area contributed by atoms with Crippen LogP contribution in [0.25, 0.3) is 11.0 Å². The smallest absolute Gasteiger partial charge is 0.134 e. The molecule has 2 N–H and O–H groups in total. The summed E-state index contributed by atoms with van der Waals surface area (Å²) in [6.07, 6.45) is 0. The van der Waals surface area contributed by atoms with Crippen LogP contribution in [0.15, 0.2) is 52.9 Å². The Hall–Kier alpha value is -2.28. The van der Waals surface area contributed by atoms with E-state index in [-0.39, 0.29) is 0 Å². The zero-order chi connectivity index (χ0) is 14.1. The van der Waals surface area contributed by atoms with Crippen molar-refractivity contribution in [1.82, 2.24) is 0 Å². The van der Waals surface area contributed by atoms with Crippen molar-refractivity contribution in [2.24, 2.45) is 5.73 Å². The fraction of sp³-hybridized carbons (Fsp3) is 0.0625. The highest BCUT2D eigenvalue weighted by molar-refractivity contribution is 6.31. The third-order valence-electron chi connectivity index (χ3n) is 3.18. The van der Waals surface area contributed by atoms with E-state index in [0.29, 0.717) is 16.3 Å². The molecule has 1 aromatic heterocycles. The van der Waals surface area contributed by atoms with Crippen LogP contribution < -0.4 is 5.73 Å². The van der Waals surface area contributed by atoms with Crippen molar-refractivity contribution in [1.29, 1.82) is 5.26 Å². The summed E-state index contributed by atoms with van der Waals surface area (Å²) >= 11 is 5.96. The predicted molar refractivity (Wildman–Crippen MR) is 78.4 cm³/mol. The Labute approximate surface area is 121 Å². The number of furan rings is 1. The van der Waals surface area contributed by atoms with Gasteiger partial charge in [-0.25, -0.2) is 0 Å². The van der Waals surface area contributed by atoms with E-state index in [2.05, 4.69) is 6.07 Å². The maximum Gasteiger partial charge on any atom is 0.134 e. The quantitative estimate of drug-likeness (QED) is 0.772. The molecule has 2 aromatic carbocycles. The normalized spacial score (nSPS) is 12.2. The molecule has 98 valence electrons. The number of nitrogens with two attached hydrogens (primary N) is 1. The number of halogens is 1. The van der Waals surface area contributed by atoms with Gasteiger partial charge in [-0.05, 0) is 42.0 Å². The van der Waals surface area contributed by atoms with Gasteiger partial charge in [0.1, 0.15) is 11.3 Å². The first-order chi connectivity index (χ1) is 9.67. The van der Waals surface area contributed by atoms with Crippen molar-refractivity contribution in [2.75, 3.05) is 0 Å². The van der Waals surface area contributed by atoms with E-state index in [4.69, 9.17) is 27.0 Å². The van der Waals surface area contributed by atoms with Gasteiger partial charge in [0.25, 0.3) is 0 Å². The molecule has 3 aromatic rings. The maximum absolute atomic E-state index is 8.93. The molecule has 0 aliphatic carbocycles. The van der Waals surface area contributed by atoms with Crippen LogP contribution in [-0.2, 0) is 0 Å². The van der Waals surface area contributed by atoms with Gasteiger partial charge in [-0.1, -0.05) is 23.7 Å². The highest BCUT2D eigenvalue weighted by Gasteiger charge is 2.14.